The molecule has 2 heterocycles. The maximum atomic E-state index is 13.5. The molecular weight excluding hydrogens is 399 g/mol. The van der Waals surface area contributed by atoms with Crippen molar-refractivity contribution < 1.29 is 14.3 Å². The zero-order chi connectivity index (χ0) is 20.0. The van der Waals surface area contributed by atoms with Crippen LogP contribution in [0.2, 0.25) is 5.02 Å². The van der Waals surface area contributed by atoms with E-state index >= 15 is 0 Å². The number of nitrogens with zero attached hydrogens (tertiary/aromatic N) is 1. The first-order valence-electron chi connectivity index (χ1n) is 10.0. The zero-order valence-electron chi connectivity index (χ0n) is 16.1. The molecule has 1 aromatic carbocycles. The number of anilines is 1. The second kappa shape index (κ2) is 9.95. The first kappa shape index (κ1) is 21.4. The van der Waals surface area contributed by atoms with Gasteiger partial charge >= 0.3 is 0 Å². The first-order chi connectivity index (χ1) is 13.5. The Morgan fingerprint density at radius 2 is 1.79 bits per heavy atom. The Labute approximate surface area is 176 Å². The highest BCUT2D eigenvalue weighted by atomic mass is 35.5. The normalized spacial score (nSPS) is 20.0. The molecule has 154 valence electrons. The van der Waals surface area contributed by atoms with Gasteiger partial charge < -0.3 is 15.0 Å². The number of carbonyl (C=O) groups excluding carboxylic acids is 2. The van der Waals surface area contributed by atoms with Crippen LogP contribution in [0.25, 0.3) is 0 Å². The lowest BCUT2D eigenvalue weighted by atomic mass is 9.85. The quantitative estimate of drug-likeness (QED) is 0.665. The molecule has 0 spiro atoms. The van der Waals surface area contributed by atoms with Crippen LogP contribution in [-0.4, -0.2) is 54.3 Å². The highest BCUT2D eigenvalue weighted by Crippen LogP contribution is 2.31. The highest BCUT2D eigenvalue weighted by Gasteiger charge is 2.43. The van der Waals surface area contributed by atoms with Gasteiger partial charge in [0.05, 0.1) is 5.88 Å². The largest absolute Gasteiger partial charge is 0.381 e. The molecule has 1 amide bonds. The number of likely N-dealkylation sites (tertiary alicyclic amines) is 1. The minimum Gasteiger partial charge on any atom is -0.381 e. The standard InChI is InChI=1S/C21H28Cl2N2O3/c22-15-19(26)6-1-16-7-11-25(12-8-16)20(27)21(9-13-28-14-10-21)24-18-4-2-17(23)3-5-18/h2-5,16,24H,1,6-15H2. The number of ether oxygens (including phenoxy) is 1. The summed E-state index contributed by atoms with van der Waals surface area (Å²) in [5.74, 6) is 0.846. The highest BCUT2D eigenvalue weighted by molar-refractivity contribution is 6.30. The van der Waals surface area contributed by atoms with Crippen molar-refractivity contribution in [1.29, 1.82) is 0 Å². The number of benzene rings is 1. The number of alkyl halides is 1. The Hall–Kier alpha value is -1.30. The topological polar surface area (TPSA) is 58.6 Å². The summed E-state index contributed by atoms with van der Waals surface area (Å²) in [7, 11) is 0. The molecule has 28 heavy (non-hydrogen) atoms. The van der Waals surface area contributed by atoms with E-state index in [1.54, 1.807) is 0 Å². The number of rotatable bonds is 7. The molecule has 1 N–H and O–H groups in total. The predicted molar refractivity (Wildman–Crippen MR) is 112 cm³/mol. The summed E-state index contributed by atoms with van der Waals surface area (Å²) in [6.45, 7) is 2.62. The van der Waals surface area contributed by atoms with Crippen molar-refractivity contribution in [2.24, 2.45) is 5.92 Å². The van der Waals surface area contributed by atoms with E-state index in [1.165, 1.54) is 0 Å². The van der Waals surface area contributed by atoms with Crippen molar-refractivity contribution in [1.82, 2.24) is 4.90 Å². The van der Waals surface area contributed by atoms with Gasteiger partial charge in [-0.25, -0.2) is 0 Å². The number of carbonyl (C=O) groups is 2. The Bertz CT molecular complexity index is 667. The molecule has 0 aromatic heterocycles. The molecule has 0 aliphatic carbocycles. The van der Waals surface area contributed by atoms with Crippen molar-refractivity contribution in [2.45, 2.75) is 44.1 Å². The van der Waals surface area contributed by atoms with Gasteiger partial charge in [-0.1, -0.05) is 11.6 Å². The molecule has 0 saturated carbocycles. The lowest BCUT2D eigenvalue weighted by molar-refractivity contribution is -0.140. The fraction of sp³-hybridized carbons (Fsp3) is 0.619. The summed E-state index contributed by atoms with van der Waals surface area (Å²) in [4.78, 5) is 26.9. The first-order valence-corrected chi connectivity index (χ1v) is 10.9. The lowest BCUT2D eigenvalue weighted by Crippen LogP contribution is -2.58. The number of nitrogens with one attached hydrogen (secondary N) is 1. The second-order valence-electron chi connectivity index (χ2n) is 7.77. The molecule has 2 aliphatic rings. The van der Waals surface area contributed by atoms with E-state index in [2.05, 4.69) is 5.32 Å². The molecule has 3 rings (SSSR count). The predicted octanol–water partition coefficient (Wildman–Crippen LogP) is 4.13. The SMILES string of the molecule is O=C(CCl)CCC1CCN(C(=O)C2(Nc3ccc(Cl)cc3)CCOCC2)CC1. The number of halogens is 2. The van der Waals surface area contributed by atoms with E-state index in [-0.39, 0.29) is 17.6 Å². The maximum absolute atomic E-state index is 13.5. The number of ketones is 1. The van der Waals surface area contributed by atoms with Gasteiger partial charge in [-0.2, -0.15) is 0 Å². The summed E-state index contributed by atoms with van der Waals surface area (Å²) in [6.07, 6.45) is 4.60. The van der Waals surface area contributed by atoms with E-state index in [9.17, 15) is 9.59 Å². The number of piperidine rings is 1. The van der Waals surface area contributed by atoms with Crippen molar-refractivity contribution in [3.05, 3.63) is 29.3 Å². The average Bonchev–Trinajstić information content (AvgIpc) is 2.74. The van der Waals surface area contributed by atoms with Crippen LogP contribution in [0.3, 0.4) is 0 Å². The van der Waals surface area contributed by atoms with E-state index in [4.69, 9.17) is 27.9 Å². The Kier molecular flexibility index (Phi) is 7.61. The molecule has 5 nitrogen and oxygen atoms in total. The van der Waals surface area contributed by atoms with Crippen LogP contribution < -0.4 is 5.32 Å². The van der Waals surface area contributed by atoms with Gasteiger partial charge in [-0.3, -0.25) is 9.59 Å². The van der Waals surface area contributed by atoms with Crippen LogP contribution in [0, 0.1) is 5.92 Å². The number of Topliss-reactive ketones (excluding diaryl/α,β-unsaturated/α-hetero) is 1. The zero-order valence-corrected chi connectivity index (χ0v) is 17.6. The Morgan fingerprint density at radius 1 is 1.14 bits per heavy atom. The summed E-state index contributed by atoms with van der Waals surface area (Å²) < 4.78 is 5.53. The van der Waals surface area contributed by atoms with Gasteiger partial charge in [0.1, 0.15) is 11.3 Å². The number of amides is 1. The van der Waals surface area contributed by atoms with Crippen LogP contribution in [0.5, 0.6) is 0 Å². The van der Waals surface area contributed by atoms with Gasteiger partial charge in [0, 0.05) is 56.3 Å². The van der Waals surface area contributed by atoms with E-state index in [1.807, 2.05) is 29.2 Å². The maximum Gasteiger partial charge on any atom is 0.248 e. The molecule has 0 radical (unpaired) electrons. The van der Waals surface area contributed by atoms with Crippen LogP contribution in [0.15, 0.2) is 24.3 Å². The molecule has 7 heteroatoms. The van der Waals surface area contributed by atoms with Gasteiger partial charge in [0.25, 0.3) is 0 Å². The van der Waals surface area contributed by atoms with Crippen molar-refractivity contribution >= 4 is 40.6 Å². The van der Waals surface area contributed by atoms with Gasteiger partial charge in [-0.05, 0) is 49.4 Å². The third-order valence-corrected chi connectivity index (χ3v) is 6.42. The molecule has 2 saturated heterocycles. The van der Waals surface area contributed by atoms with Crippen molar-refractivity contribution in [3.63, 3.8) is 0 Å². The number of hydrogen-bond donors (Lipinski definition) is 1. The van der Waals surface area contributed by atoms with Crippen molar-refractivity contribution in [2.75, 3.05) is 37.5 Å². The molecule has 2 aliphatic heterocycles. The minimum atomic E-state index is -0.631. The molecular formula is C21H28Cl2N2O3. The summed E-state index contributed by atoms with van der Waals surface area (Å²) in [5.41, 5.74) is 0.266. The van der Waals surface area contributed by atoms with E-state index in [0.717, 1.165) is 38.0 Å². The molecule has 2 fully saturated rings. The van der Waals surface area contributed by atoms with Crippen LogP contribution in [0.4, 0.5) is 5.69 Å². The van der Waals surface area contributed by atoms with Crippen LogP contribution >= 0.6 is 23.2 Å². The molecule has 0 atom stereocenters. The molecule has 0 bridgehead atoms. The molecule has 0 unspecified atom stereocenters. The fourth-order valence-electron chi connectivity index (χ4n) is 4.08. The fourth-order valence-corrected chi connectivity index (χ4v) is 4.34. The summed E-state index contributed by atoms with van der Waals surface area (Å²) >= 11 is 11.6. The Balaban J connectivity index is 1.62. The van der Waals surface area contributed by atoms with Gasteiger partial charge in [0.15, 0.2) is 0 Å². The smallest absolute Gasteiger partial charge is 0.248 e. The lowest BCUT2D eigenvalue weighted by Gasteiger charge is -2.43. The third-order valence-electron chi connectivity index (χ3n) is 5.87. The monoisotopic (exact) mass is 426 g/mol. The average molecular weight is 427 g/mol. The summed E-state index contributed by atoms with van der Waals surface area (Å²) in [6, 6.07) is 7.48. The van der Waals surface area contributed by atoms with Crippen LogP contribution in [0.1, 0.15) is 38.5 Å². The second-order valence-corrected chi connectivity index (χ2v) is 8.48. The van der Waals surface area contributed by atoms with Gasteiger partial charge in [0.2, 0.25) is 5.91 Å². The van der Waals surface area contributed by atoms with Gasteiger partial charge in [-0.15, -0.1) is 11.6 Å². The van der Waals surface area contributed by atoms with Crippen molar-refractivity contribution in [3.8, 4) is 0 Å². The number of hydrogen-bond acceptors (Lipinski definition) is 4. The minimum absolute atomic E-state index is 0.0955. The van der Waals surface area contributed by atoms with E-state index in [0.29, 0.717) is 43.4 Å². The third kappa shape index (κ3) is 5.40. The Morgan fingerprint density at radius 3 is 2.39 bits per heavy atom. The summed E-state index contributed by atoms with van der Waals surface area (Å²) in [5, 5.41) is 4.16. The van der Waals surface area contributed by atoms with Crippen LogP contribution in [-0.2, 0) is 14.3 Å². The van der Waals surface area contributed by atoms with E-state index < -0.39 is 5.54 Å². The molecule has 1 aromatic rings.